The van der Waals surface area contributed by atoms with Crippen LogP contribution in [0.2, 0.25) is 0 Å². The molecule has 0 spiro atoms. The number of hydrogen-bond donors (Lipinski definition) is 0. The van der Waals surface area contributed by atoms with Gasteiger partial charge in [0.25, 0.3) is 0 Å². The van der Waals surface area contributed by atoms with E-state index in [9.17, 15) is 4.55 Å². The van der Waals surface area contributed by atoms with Crippen molar-refractivity contribution in [3.8, 4) is 11.4 Å². The van der Waals surface area contributed by atoms with E-state index in [1.54, 1.807) is 6.20 Å². The summed E-state index contributed by atoms with van der Waals surface area (Å²) in [6, 6.07) is 5.90. The van der Waals surface area contributed by atoms with Gasteiger partial charge in [-0.3, -0.25) is 0 Å². The fourth-order valence-corrected chi connectivity index (χ4v) is 2.90. The molecule has 1 aromatic heterocycles. The third kappa shape index (κ3) is 2.23. The molecule has 90 valence electrons. The Labute approximate surface area is 105 Å². The van der Waals surface area contributed by atoms with E-state index in [0.29, 0.717) is 5.75 Å². The molecule has 0 bridgehead atoms. The first-order valence-electron chi connectivity index (χ1n) is 5.60. The predicted octanol–water partition coefficient (Wildman–Crippen LogP) is 2.52. The van der Waals surface area contributed by atoms with Gasteiger partial charge in [0.15, 0.2) is 4.90 Å². The summed E-state index contributed by atoms with van der Waals surface area (Å²) in [4.78, 5) is 5.23. The minimum Gasteiger partial charge on any atom is -0.611 e. The topological polar surface area (TPSA) is 40.9 Å². The maximum atomic E-state index is 12.1. The lowest BCUT2D eigenvalue weighted by Crippen LogP contribution is -2.08. The van der Waals surface area contributed by atoms with Gasteiger partial charge in [-0.1, -0.05) is 12.1 Å². The molecule has 0 aliphatic rings. The van der Waals surface area contributed by atoms with Crippen molar-refractivity contribution in [1.82, 2.24) is 9.55 Å². The first kappa shape index (κ1) is 12.2. The van der Waals surface area contributed by atoms with E-state index in [0.717, 1.165) is 21.8 Å². The minimum absolute atomic E-state index is 0.626. The van der Waals surface area contributed by atoms with Crippen LogP contribution in [0.5, 0.6) is 0 Å². The summed E-state index contributed by atoms with van der Waals surface area (Å²) in [6.45, 7) is 3.96. The summed E-state index contributed by atoms with van der Waals surface area (Å²) in [6.07, 6.45) is 3.67. The van der Waals surface area contributed by atoms with Gasteiger partial charge in [-0.2, -0.15) is 0 Å². The van der Waals surface area contributed by atoms with Crippen LogP contribution in [0.15, 0.2) is 35.5 Å². The van der Waals surface area contributed by atoms with Gasteiger partial charge < -0.3 is 9.12 Å². The molecule has 0 fully saturated rings. The molecule has 3 nitrogen and oxygen atoms in total. The highest BCUT2D eigenvalue weighted by Crippen LogP contribution is 2.29. The first-order valence-corrected chi connectivity index (χ1v) is 6.92. The Balaban J connectivity index is 2.63. The van der Waals surface area contributed by atoms with Gasteiger partial charge in [0.1, 0.15) is 11.6 Å². The monoisotopic (exact) mass is 248 g/mol. The Morgan fingerprint density at radius 3 is 2.76 bits per heavy atom. The number of nitrogens with zero attached hydrogens (tertiary/aromatic N) is 2. The van der Waals surface area contributed by atoms with Crippen molar-refractivity contribution in [3.63, 3.8) is 0 Å². The van der Waals surface area contributed by atoms with E-state index in [-0.39, 0.29) is 0 Å². The highest BCUT2D eigenvalue weighted by atomic mass is 32.2. The van der Waals surface area contributed by atoms with Gasteiger partial charge in [0.05, 0.1) is 5.56 Å². The number of aromatic nitrogens is 2. The molecule has 1 heterocycles. The van der Waals surface area contributed by atoms with Crippen LogP contribution in [-0.4, -0.2) is 19.9 Å². The van der Waals surface area contributed by atoms with Crippen molar-refractivity contribution in [2.75, 3.05) is 5.75 Å². The SMILES string of the molecule is CC[S+]([O-])c1cccc(C)c1-c1nccn1C. The zero-order valence-corrected chi connectivity index (χ0v) is 11.1. The van der Waals surface area contributed by atoms with Crippen LogP contribution in [0.25, 0.3) is 11.4 Å². The second-order valence-corrected chi connectivity index (χ2v) is 5.65. The van der Waals surface area contributed by atoms with Crippen LogP contribution in [0.3, 0.4) is 0 Å². The van der Waals surface area contributed by atoms with E-state index in [4.69, 9.17) is 0 Å². The van der Waals surface area contributed by atoms with Gasteiger partial charge in [-0.15, -0.1) is 0 Å². The molecule has 17 heavy (non-hydrogen) atoms. The van der Waals surface area contributed by atoms with Gasteiger partial charge in [0, 0.05) is 19.4 Å². The van der Waals surface area contributed by atoms with E-state index in [1.165, 1.54) is 0 Å². The Bertz CT molecular complexity index is 522. The van der Waals surface area contributed by atoms with Gasteiger partial charge in [-0.05, 0) is 36.7 Å². The van der Waals surface area contributed by atoms with Crippen molar-refractivity contribution >= 4 is 11.2 Å². The van der Waals surface area contributed by atoms with E-state index >= 15 is 0 Å². The minimum atomic E-state index is -0.958. The number of imidazole rings is 1. The fourth-order valence-electron chi connectivity index (χ4n) is 1.88. The van der Waals surface area contributed by atoms with Crippen LogP contribution in [0.1, 0.15) is 12.5 Å². The summed E-state index contributed by atoms with van der Waals surface area (Å²) >= 11 is -0.958. The maximum absolute atomic E-state index is 12.1. The lowest BCUT2D eigenvalue weighted by molar-refractivity contribution is 0.596. The highest BCUT2D eigenvalue weighted by Gasteiger charge is 2.20. The molecule has 1 aromatic carbocycles. The zero-order chi connectivity index (χ0) is 12.4. The zero-order valence-electron chi connectivity index (χ0n) is 10.3. The summed E-state index contributed by atoms with van der Waals surface area (Å²) < 4.78 is 14.0. The summed E-state index contributed by atoms with van der Waals surface area (Å²) in [5.74, 6) is 1.50. The second kappa shape index (κ2) is 4.94. The molecule has 2 aromatic rings. The Kier molecular flexibility index (Phi) is 3.54. The number of rotatable bonds is 3. The highest BCUT2D eigenvalue weighted by molar-refractivity contribution is 7.91. The van der Waals surface area contributed by atoms with Crippen LogP contribution < -0.4 is 0 Å². The summed E-state index contributed by atoms with van der Waals surface area (Å²) in [7, 11) is 1.95. The van der Waals surface area contributed by atoms with E-state index in [1.807, 2.05) is 49.9 Å². The third-order valence-electron chi connectivity index (χ3n) is 2.79. The number of aryl methyl sites for hydroxylation is 2. The Morgan fingerprint density at radius 1 is 1.41 bits per heavy atom. The molecular weight excluding hydrogens is 232 g/mol. The maximum Gasteiger partial charge on any atom is 0.163 e. The van der Waals surface area contributed by atoms with Crippen LogP contribution >= 0.6 is 0 Å². The largest absolute Gasteiger partial charge is 0.611 e. The molecule has 0 amide bonds. The molecule has 4 heteroatoms. The summed E-state index contributed by atoms with van der Waals surface area (Å²) in [5.41, 5.74) is 2.11. The van der Waals surface area contributed by atoms with Gasteiger partial charge in [0.2, 0.25) is 0 Å². The lowest BCUT2D eigenvalue weighted by Gasteiger charge is -2.14. The molecular formula is C13H16N2OS. The molecule has 0 radical (unpaired) electrons. The molecule has 0 aliphatic carbocycles. The normalized spacial score (nSPS) is 12.7. The molecule has 1 atom stereocenters. The lowest BCUT2D eigenvalue weighted by atomic mass is 10.1. The van der Waals surface area contributed by atoms with Crippen LogP contribution in [0, 0.1) is 6.92 Å². The summed E-state index contributed by atoms with van der Waals surface area (Å²) in [5, 5.41) is 0. The Morgan fingerprint density at radius 2 is 2.18 bits per heavy atom. The van der Waals surface area contributed by atoms with Crippen molar-refractivity contribution in [2.24, 2.45) is 7.05 Å². The molecule has 2 rings (SSSR count). The van der Waals surface area contributed by atoms with E-state index < -0.39 is 11.2 Å². The third-order valence-corrected chi connectivity index (χ3v) is 4.14. The molecule has 0 saturated carbocycles. The molecule has 1 unspecified atom stereocenters. The van der Waals surface area contributed by atoms with Crippen molar-refractivity contribution in [1.29, 1.82) is 0 Å². The van der Waals surface area contributed by atoms with Crippen LogP contribution in [-0.2, 0) is 18.2 Å². The van der Waals surface area contributed by atoms with Crippen molar-refractivity contribution in [3.05, 3.63) is 36.2 Å². The van der Waals surface area contributed by atoms with Crippen molar-refractivity contribution in [2.45, 2.75) is 18.7 Å². The van der Waals surface area contributed by atoms with Gasteiger partial charge >= 0.3 is 0 Å². The number of benzene rings is 1. The fraction of sp³-hybridized carbons (Fsp3) is 0.308. The average Bonchev–Trinajstić information content (AvgIpc) is 2.74. The van der Waals surface area contributed by atoms with Crippen LogP contribution in [0.4, 0.5) is 0 Å². The average molecular weight is 248 g/mol. The smallest absolute Gasteiger partial charge is 0.163 e. The number of hydrogen-bond acceptors (Lipinski definition) is 2. The molecule has 0 aliphatic heterocycles. The second-order valence-electron chi connectivity index (χ2n) is 3.94. The van der Waals surface area contributed by atoms with E-state index in [2.05, 4.69) is 4.98 Å². The standard InChI is InChI=1S/C13H16N2OS/c1-4-17(16)11-7-5-6-10(2)12(11)13-14-8-9-15(13)3/h5-9H,4H2,1-3H3. The Hall–Kier alpha value is -1.26. The molecule has 0 N–H and O–H groups in total. The van der Waals surface area contributed by atoms with Gasteiger partial charge in [-0.25, -0.2) is 4.98 Å². The van der Waals surface area contributed by atoms with Crippen molar-refractivity contribution < 1.29 is 4.55 Å². The molecule has 0 saturated heterocycles. The first-order chi connectivity index (χ1) is 8.15. The quantitative estimate of drug-likeness (QED) is 0.783. The predicted molar refractivity (Wildman–Crippen MR) is 70.3 cm³/mol.